The molecule has 0 aliphatic carbocycles. The van der Waals surface area contributed by atoms with Crippen molar-refractivity contribution < 1.29 is 29.2 Å². The standard InChI is InChI=1S/C18H16BNO6/c1-10(21)12-8-4-5-11-9-15(19(25)26-16(11)12)20-17(22)13-6-2-3-7-14(13)18(23)24/h2-8,15,25H,9H2,1H3,(H,20,22)(H,23,24)/t15-/m0/s1. The second-order valence-corrected chi connectivity index (χ2v) is 5.99. The van der Waals surface area contributed by atoms with Crippen molar-refractivity contribution >= 4 is 24.8 Å². The van der Waals surface area contributed by atoms with Gasteiger partial charge in [-0.2, -0.15) is 0 Å². The van der Waals surface area contributed by atoms with Crippen LogP contribution in [0.1, 0.15) is 43.6 Å². The van der Waals surface area contributed by atoms with E-state index in [-0.39, 0.29) is 23.3 Å². The fourth-order valence-electron chi connectivity index (χ4n) is 2.94. The highest BCUT2D eigenvalue weighted by Gasteiger charge is 2.37. The Morgan fingerprint density at radius 1 is 1.08 bits per heavy atom. The number of nitrogens with one attached hydrogen (secondary N) is 1. The van der Waals surface area contributed by atoms with Gasteiger partial charge in [-0.05, 0) is 37.1 Å². The van der Waals surface area contributed by atoms with Gasteiger partial charge in [-0.1, -0.05) is 24.3 Å². The molecule has 0 unspecified atom stereocenters. The molecule has 1 heterocycles. The maximum atomic E-state index is 12.5. The van der Waals surface area contributed by atoms with Gasteiger partial charge in [-0.15, -0.1) is 0 Å². The Morgan fingerprint density at radius 2 is 1.73 bits per heavy atom. The first kappa shape index (κ1) is 17.7. The van der Waals surface area contributed by atoms with Crippen LogP contribution < -0.4 is 9.97 Å². The van der Waals surface area contributed by atoms with Gasteiger partial charge >= 0.3 is 13.1 Å². The number of hydrogen-bond donors (Lipinski definition) is 3. The van der Waals surface area contributed by atoms with Gasteiger partial charge in [-0.25, -0.2) is 4.79 Å². The van der Waals surface area contributed by atoms with Gasteiger partial charge in [0.1, 0.15) is 5.75 Å². The second kappa shape index (κ2) is 7.01. The molecule has 1 aliphatic rings. The van der Waals surface area contributed by atoms with Gasteiger partial charge < -0.3 is 20.1 Å². The van der Waals surface area contributed by atoms with Crippen molar-refractivity contribution in [1.29, 1.82) is 0 Å². The van der Waals surface area contributed by atoms with Gasteiger partial charge in [0.05, 0.1) is 22.6 Å². The fraction of sp³-hybridized carbons (Fsp3) is 0.167. The third-order valence-electron chi connectivity index (χ3n) is 4.22. The number of benzene rings is 2. The van der Waals surface area contributed by atoms with Crippen molar-refractivity contribution in [3.63, 3.8) is 0 Å². The number of Topliss-reactive ketones (excluding diaryl/α,β-unsaturated/α-hetero) is 1. The van der Waals surface area contributed by atoms with Crippen molar-refractivity contribution in [2.45, 2.75) is 19.3 Å². The Morgan fingerprint density at radius 3 is 2.38 bits per heavy atom. The lowest BCUT2D eigenvalue weighted by molar-refractivity contribution is 0.0690. The highest BCUT2D eigenvalue weighted by molar-refractivity contribution is 6.47. The number of aromatic carboxylic acids is 1. The summed E-state index contributed by atoms with van der Waals surface area (Å²) in [5, 5.41) is 22.0. The third-order valence-corrected chi connectivity index (χ3v) is 4.22. The van der Waals surface area contributed by atoms with Crippen LogP contribution in [0.3, 0.4) is 0 Å². The number of carboxylic acids is 1. The van der Waals surface area contributed by atoms with E-state index in [1.54, 1.807) is 24.3 Å². The molecular formula is C18H16BNO6. The van der Waals surface area contributed by atoms with Crippen LogP contribution in [0.2, 0.25) is 0 Å². The number of ketones is 1. The molecule has 0 bridgehead atoms. The lowest BCUT2D eigenvalue weighted by Crippen LogP contribution is -2.53. The SMILES string of the molecule is CC(=O)c1cccc2c1OB(O)[C@@H](NC(=O)c1ccccc1C(=O)O)C2. The molecular weight excluding hydrogens is 337 g/mol. The van der Waals surface area contributed by atoms with E-state index in [0.29, 0.717) is 16.9 Å². The molecule has 0 fully saturated rings. The van der Waals surface area contributed by atoms with Crippen molar-refractivity contribution in [3.05, 3.63) is 64.7 Å². The highest BCUT2D eigenvalue weighted by atomic mass is 16.5. The van der Waals surface area contributed by atoms with Crippen LogP contribution in [-0.2, 0) is 6.42 Å². The van der Waals surface area contributed by atoms with Gasteiger partial charge in [0, 0.05) is 0 Å². The number of amides is 1. The maximum Gasteiger partial charge on any atom is 0.547 e. The normalized spacial score (nSPS) is 15.6. The largest absolute Gasteiger partial charge is 0.547 e. The molecule has 1 aliphatic heterocycles. The van der Waals surface area contributed by atoms with Gasteiger partial charge in [0.15, 0.2) is 5.78 Å². The number of carboxylic acid groups (broad SMARTS) is 1. The zero-order valence-electron chi connectivity index (χ0n) is 13.9. The molecule has 8 heteroatoms. The Kier molecular flexibility index (Phi) is 4.77. The Labute approximate surface area is 149 Å². The molecule has 0 aromatic heterocycles. The van der Waals surface area contributed by atoms with Crippen molar-refractivity contribution in [2.75, 3.05) is 0 Å². The number of rotatable bonds is 4. The van der Waals surface area contributed by atoms with E-state index in [2.05, 4.69) is 5.32 Å². The maximum absolute atomic E-state index is 12.5. The molecule has 132 valence electrons. The fourth-order valence-corrected chi connectivity index (χ4v) is 2.94. The van der Waals surface area contributed by atoms with Gasteiger partial charge in [-0.3, -0.25) is 9.59 Å². The summed E-state index contributed by atoms with van der Waals surface area (Å²) < 4.78 is 5.45. The molecule has 0 saturated heterocycles. The van der Waals surface area contributed by atoms with E-state index in [4.69, 9.17) is 4.65 Å². The molecule has 3 N–H and O–H groups in total. The first-order chi connectivity index (χ1) is 12.4. The molecule has 2 aromatic carbocycles. The Balaban J connectivity index is 1.84. The topological polar surface area (TPSA) is 113 Å². The first-order valence-corrected chi connectivity index (χ1v) is 7.99. The third kappa shape index (κ3) is 3.31. The summed E-state index contributed by atoms with van der Waals surface area (Å²) in [5.74, 6) is -2.50. The van der Waals surface area contributed by atoms with Crippen molar-refractivity contribution in [3.8, 4) is 5.75 Å². The summed E-state index contributed by atoms with van der Waals surface area (Å²) in [7, 11) is -1.36. The molecule has 1 atom stereocenters. The van der Waals surface area contributed by atoms with Crippen LogP contribution >= 0.6 is 0 Å². The van der Waals surface area contributed by atoms with Crippen molar-refractivity contribution in [1.82, 2.24) is 5.32 Å². The Bertz CT molecular complexity index is 897. The smallest absolute Gasteiger partial charge is 0.534 e. The number of carbonyl (C=O) groups excluding carboxylic acids is 2. The number of fused-ring (bicyclic) bond motifs is 1. The molecule has 7 nitrogen and oxygen atoms in total. The van der Waals surface area contributed by atoms with Crippen LogP contribution in [0.25, 0.3) is 0 Å². The van der Waals surface area contributed by atoms with Crippen LogP contribution in [0.4, 0.5) is 0 Å². The summed E-state index contributed by atoms with van der Waals surface area (Å²) in [4.78, 5) is 35.4. The number of carbonyl (C=O) groups is 3. The van der Waals surface area contributed by atoms with E-state index in [0.717, 1.165) is 0 Å². The predicted molar refractivity (Wildman–Crippen MR) is 93.4 cm³/mol. The summed E-state index contributed by atoms with van der Waals surface area (Å²) >= 11 is 0. The highest BCUT2D eigenvalue weighted by Crippen LogP contribution is 2.30. The zero-order chi connectivity index (χ0) is 18.8. The molecule has 2 aromatic rings. The second-order valence-electron chi connectivity index (χ2n) is 5.99. The van der Waals surface area contributed by atoms with Crippen LogP contribution in [0.5, 0.6) is 5.75 Å². The monoisotopic (exact) mass is 353 g/mol. The zero-order valence-corrected chi connectivity index (χ0v) is 13.9. The van der Waals surface area contributed by atoms with E-state index in [9.17, 15) is 24.5 Å². The summed E-state index contributed by atoms with van der Waals surface area (Å²) in [6.45, 7) is 1.40. The van der Waals surface area contributed by atoms with Crippen LogP contribution in [-0.4, -0.2) is 40.8 Å². The lowest BCUT2D eigenvalue weighted by Gasteiger charge is -2.29. The molecule has 26 heavy (non-hydrogen) atoms. The van der Waals surface area contributed by atoms with Gasteiger partial charge in [0.25, 0.3) is 5.91 Å². The molecule has 1 amide bonds. The van der Waals surface area contributed by atoms with E-state index in [1.807, 2.05) is 0 Å². The molecule has 0 saturated carbocycles. The quantitative estimate of drug-likeness (QED) is 0.565. The molecule has 0 spiro atoms. The predicted octanol–water partition coefficient (Wildman–Crippen LogP) is 1.34. The van der Waals surface area contributed by atoms with Crippen molar-refractivity contribution in [2.24, 2.45) is 0 Å². The first-order valence-electron chi connectivity index (χ1n) is 7.99. The number of hydrogen-bond acceptors (Lipinski definition) is 5. The summed E-state index contributed by atoms with van der Waals surface area (Å²) in [5.41, 5.74) is 0.910. The van der Waals surface area contributed by atoms with E-state index < -0.39 is 24.9 Å². The van der Waals surface area contributed by atoms with Gasteiger partial charge in [0.2, 0.25) is 0 Å². The molecule has 0 radical (unpaired) electrons. The average Bonchev–Trinajstić information content (AvgIpc) is 2.61. The van der Waals surface area contributed by atoms with Crippen LogP contribution in [0.15, 0.2) is 42.5 Å². The summed E-state index contributed by atoms with van der Waals surface area (Å²) in [6, 6.07) is 10.9. The Hall–Kier alpha value is -3.13. The minimum atomic E-state index is -1.36. The molecule has 3 rings (SSSR count). The minimum absolute atomic E-state index is 0.00418. The van der Waals surface area contributed by atoms with Crippen LogP contribution in [0, 0.1) is 0 Å². The average molecular weight is 353 g/mol. The summed E-state index contributed by atoms with van der Waals surface area (Å²) in [6.07, 6.45) is 0.249. The van der Waals surface area contributed by atoms with E-state index >= 15 is 0 Å². The minimum Gasteiger partial charge on any atom is -0.534 e. The number of para-hydroxylation sites is 1. The lowest BCUT2D eigenvalue weighted by atomic mass is 9.72. The van der Waals surface area contributed by atoms with E-state index in [1.165, 1.54) is 25.1 Å².